The summed E-state index contributed by atoms with van der Waals surface area (Å²) in [5.74, 6) is -2.18. The van der Waals surface area contributed by atoms with Crippen molar-refractivity contribution in [2.75, 3.05) is 6.54 Å². The van der Waals surface area contributed by atoms with Crippen LogP contribution < -0.4 is 21.7 Å². The van der Waals surface area contributed by atoms with Crippen molar-refractivity contribution in [3.63, 3.8) is 0 Å². The average Bonchev–Trinajstić information content (AvgIpc) is 3.66. The summed E-state index contributed by atoms with van der Waals surface area (Å²) in [7, 11) is 0. The zero-order chi connectivity index (χ0) is 26.9. The minimum Gasteiger partial charge on any atom is -0.508 e. The molecule has 1 aromatic carbocycles. The molecule has 4 atom stereocenters. The van der Waals surface area contributed by atoms with Gasteiger partial charge in [-0.3, -0.25) is 24.2 Å². The molecule has 0 radical (unpaired) electrons. The van der Waals surface area contributed by atoms with Crippen LogP contribution in [0.2, 0.25) is 0 Å². The molecular weight excluding hydrogens is 478 g/mol. The molecule has 0 aliphatic carbocycles. The molecule has 11 nitrogen and oxygen atoms in total. The molecule has 37 heavy (non-hydrogen) atoms. The largest absolute Gasteiger partial charge is 0.508 e. The Labute approximate surface area is 215 Å². The van der Waals surface area contributed by atoms with E-state index in [1.54, 1.807) is 24.4 Å². The molecule has 4 amide bonds. The van der Waals surface area contributed by atoms with Gasteiger partial charge in [-0.2, -0.15) is 0 Å². The van der Waals surface area contributed by atoms with Gasteiger partial charge in [-0.15, -0.1) is 0 Å². The molecule has 1 fully saturated rings. The number of nitrogens with one attached hydrogen (secondary N) is 3. The molecular formula is C26H33N5O6. The predicted octanol–water partition coefficient (Wildman–Crippen LogP) is -0.0430. The third-order valence-corrected chi connectivity index (χ3v) is 5.79. The van der Waals surface area contributed by atoms with Crippen LogP contribution in [0.15, 0.2) is 48.7 Å². The molecule has 6 N–H and O–H groups in total. The van der Waals surface area contributed by atoms with E-state index in [2.05, 4.69) is 20.9 Å². The fourth-order valence-corrected chi connectivity index (χ4v) is 3.79. The summed E-state index contributed by atoms with van der Waals surface area (Å²) in [6, 6.07) is 9.73. The fraction of sp³-hybridized carbons (Fsp3) is 0.423. The van der Waals surface area contributed by atoms with Crippen molar-refractivity contribution < 1.29 is 29.0 Å². The van der Waals surface area contributed by atoms with Gasteiger partial charge in [0.1, 0.15) is 17.8 Å². The van der Waals surface area contributed by atoms with Crippen LogP contribution in [0.1, 0.15) is 31.5 Å². The molecule has 2 unspecified atom stereocenters. The van der Waals surface area contributed by atoms with Gasteiger partial charge in [0, 0.05) is 31.3 Å². The number of nitrogens with zero attached hydrogens (tertiary/aromatic N) is 1. The first-order chi connectivity index (χ1) is 17.6. The van der Waals surface area contributed by atoms with Gasteiger partial charge >= 0.3 is 0 Å². The highest BCUT2D eigenvalue weighted by Gasteiger charge is 2.50. The third kappa shape index (κ3) is 8.57. The zero-order valence-corrected chi connectivity index (χ0v) is 20.8. The van der Waals surface area contributed by atoms with Crippen molar-refractivity contribution in [1.29, 1.82) is 0 Å². The SMILES string of the molecule is CC(C)C[C@H](NC(=O)C1OC1C(=O)NCCc1ccccn1)C(=O)N[C@@H](Cc1ccc(O)cc1)C(N)=O. The zero-order valence-electron chi connectivity index (χ0n) is 20.8. The standard InChI is InChI=1S/C26H33N5O6/c1-15(2)13-20(24(34)30-19(23(27)33)14-16-6-8-18(32)9-7-16)31-26(36)22-21(37-22)25(35)29-12-10-17-5-3-4-11-28-17/h3-9,11,15,19-22,32H,10,12-14H2,1-2H3,(H2,27,33)(H,29,35)(H,30,34)(H,31,36)/t19-,20-,21?,22?/m0/s1. The highest BCUT2D eigenvalue weighted by atomic mass is 16.6. The maximum atomic E-state index is 13.0. The van der Waals surface area contributed by atoms with E-state index in [1.165, 1.54) is 12.1 Å². The van der Waals surface area contributed by atoms with Crippen molar-refractivity contribution in [1.82, 2.24) is 20.9 Å². The molecule has 0 bridgehead atoms. The first-order valence-electron chi connectivity index (χ1n) is 12.1. The number of nitrogens with two attached hydrogens (primary N) is 1. The Morgan fingerprint density at radius 3 is 2.32 bits per heavy atom. The van der Waals surface area contributed by atoms with Gasteiger partial charge < -0.3 is 31.5 Å². The lowest BCUT2D eigenvalue weighted by Crippen LogP contribution is -2.54. The number of ether oxygens (including phenoxy) is 1. The van der Waals surface area contributed by atoms with E-state index in [0.717, 1.165) is 5.69 Å². The molecule has 3 rings (SSSR count). The van der Waals surface area contributed by atoms with Crippen LogP contribution in [0.5, 0.6) is 5.75 Å². The number of aromatic hydroxyl groups is 1. The molecule has 0 saturated carbocycles. The number of pyridine rings is 1. The summed E-state index contributed by atoms with van der Waals surface area (Å²) in [6.07, 6.45) is 0.703. The van der Waals surface area contributed by atoms with Crippen molar-refractivity contribution in [2.45, 2.75) is 57.4 Å². The number of phenolic OH excluding ortho intramolecular Hbond substituents is 1. The van der Waals surface area contributed by atoms with Crippen molar-refractivity contribution in [3.05, 3.63) is 59.9 Å². The number of carbonyl (C=O) groups excluding carboxylic acids is 4. The molecule has 1 aliphatic rings. The van der Waals surface area contributed by atoms with Crippen LogP contribution in [0.25, 0.3) is 0 Å². The molecule has 2 heterocycles. The molecule has 1 aromatic heterocycles. The van der Waals surface area contributed by atoms with Gasteiger partial charge in [-0.1, -0.05) is 32.0 Å². The Kier molecular flexibility index (Phi) is 9.56. The van der Waals surface area contributed by atoms with Gasteiger partial charge in [-0.25, -0.2) is 0 Å². The number of aromatic nitrogens is 1. The summed E-state index contributed by atoms with van der Waals surface area (Å²) < 4.78 is 5.27. The normalized spacial score (nSPS) is 17.9. The average molecular weight is 512 g/mol. The minimum absolute atomic E-state index is 0.0472. The second kappa shape index (κ2) is 12.8. The van der Waals surface area contributed by atoms with E-state index < -0.39 is 47.9 Å². The lowest BCUT2D eigenvalue weighted by molar-refractivity contribution is -0.132. The number of phenols is 1. The summed E-state index contributed by atoms with van der Waals surface area (Å²) in [5.41, 5.74) is 7.01. The molecule has 0 spiro atoms. The van der Waals surface area contributed by atoms with Gasteiger partial charge in [0.25, 0.3) is 11.8 Å². The summed E-state index contributed by atoms with van der Waals surface area (Å²) in [4.78, 5) is 54.3. The van der Waals surface area contributed by atoms with Gasteiger partial charge in [0.2, 0.25) is 11.8 Å². The number of hydrogen-bond donors (Lipinski definition) is 5. The van der Waals surface area contributed by atoms with E-state index >= 15 is 0 Å². The Morgan fingerprint density at radius 1 is 1.00 bits per heavy atom. The molecule has 1 saturated heterocycles. The van der Waals surface area contributed by atoms with E-state index in [1.807, 2.05) is 26.0 Å². The monoisotopic (exact) mass is 511 g/mol. The second-order valence-corrected chi connectivity index (χ2v) is 9.36. The van der Waals surface area contributed by atoms with Crippen molar-refractivity contribution in [3.8, 4) is 5.75 Å². The third-order valence-electron chi connectivity index (χ3n) is 5.79. The maximum absolute atomic E-state index is 13.0. The van der Waals surface area contributed by atoms with E-state index in [-0.39, 0.29) is 18.1 Å². The lowest BCUT2D eigenvalue weighted by Gasteiger charge is -2.23. The van der Waals surface area contributed by atoms with Gasteiger partial charge in [0.05, 0.1) is 0 Å². The summed E-state index contributed by atoms with van der Waals surface area (Å²) in [5, 5.41) is 17.4. The number of epoxide rings is 1. The van der Waals surface area contributed by atoms with E-state index in [9.17, 15) is 24.3 Å². The van der Waals surface area contributed by atoms with Gasteiger partial charge in [0.15, 0.2) is 12.2 Å². The lowest BCUT2D eigenvalue weighted by atomic mass is 10.0. The highest BCUT2D eigenvalue weighted by molar-refractivity contribution is 5.97. The van der Waals surface area contributed by atoms with Gasteiger partial charge in [-0.05, 0) is 42.2 Å². The Balaban J connectivity index is 1.53. The van der Waals surface area contributed by atoms with Crippen molar-refractivity contribution in [2.24, 2.45) is 11.7 Å². The number of hydrogen-bond acceptors (Lipinski definition) is 7. The summed E-state index contributed by atoms with van der Waals surface area (Å²) >= 11 is 0. The van der Waals surface area contributed by atoms with Crippen LogP contribution >= 0.6 is 0 Å². The first-order valence-corrected chi connectivity index (χ1v) is 12.1. The van der Waals surface area contributed by atoms with E-state index in [4.69, 9.17) is 10.5 Å². The molecule has 11 heteroatoms. The Bertz CT molecular complexity index is 1090. The topological polar surface area (TPSA) is 176 Å². The Morgan fingerprint density at radius 2 is 1.70 bits per heavy atom. The summed E-state index contributed by atoms with van der Waals surface area (Å²) in [6.45, 7) is 4.12. The number of rotatable bonds is 13. The smallest absolute Gasteiger partial charge is 0.253 e. The van der Waals surface area contributed by atoms with E-state index in [0.29, 0.717) is 24.9 Å². The van der Waals surface area contributed by atoms with Crippen LogP contribution in [0.4, 0.5) is 0 Å². The van der Waals surface area contributed by atoms with Crippen molar-refractivity contribution >= 4 is 23.6 Å². The molecule has 2 aromatic rings. The number of benzene rings is 1. The minimum atomic E-state index is -1.02. The Hall–Kier alpha value is -3.99. The second-order valence-electron chi connectivity index (χ2n) is 9.36. The maximum Gasteiger partial charge on any atom is 0.253 e. The predicted molar refractivity (Wildman–Crippen MR) is 134 cm³/mol. The molecule has 198 valence electrons. The fourth-order valence-electron chi connectivity index (χ4n) is 3.79. The van der Waals surface area contributed by atoms with Crippen LogP contribution in [-0.4, -0.2) is 64.6 Å². The number of amides is 4. The quantitative estimate of drug-likeness (QED) is 0.234. The number of primary amides is 1. The van der Waals surface area contributed by atoms with Crippen LogP contribution in [0, 0.1) is 5.92 Å². The molecule has 1 aliphatic heterocycles. The van der Waals surface area contributed by atoms with Crippen LogP contribution in [0.3, 0.4) is 0 Å². The highest BCUT2D eigenvalue weighted by Crippen LogP contribution is 2.23. The number of carbonyl (C=O) groups is 4. The van der Waals surface area contributed by atoms with Crippen LogP contribution in [-0.2, 0) is 36.8 Å². The first kappa shape index (κ1) is 27.6.